The fourth-order valence-corrected chi connectivity index (χ4v) is 6.64. The van der Waals surface area contributed by atoms with Gasteiger partial charge in [-0.1, -0.05) is 38.5 Å². The molecule has 50 heavy (non-hydrogen) atoms. The third-order valence-corrected chi connectivity index (χ3v) is 9.62. The molecule has 6 rings (SSSR count). The van der Waals surface area contributed by atoms with E-state index in [1.807, 2.05) is 38.1 Å². The van der Waals surface area contributed by atoms with Gasteiger partial charge in [-0.15, -0.1) is 0 Å². The molecule has 0 aliphatic carbocycles. The van der Waals surface area contributed by atoms with E-state index in [1.54, 1.807) is 49.6 Å². The highest BCUT2D eigenvalue weighted by atomic mass is 16.5. The summed E-state index contributed by atoms with van der Waals surface area (Å²) in [5, 5.41) is 10.1. The van der Waals surface area contributed by atoms with Crippen molar-refractivity contribution in [3.8, 4) is 22.9 Å². The molecule has 260 valence electrons. The maximum Gasteiger partial charge on any atom is 0.319 e. The van der Waals surface area contributed by atoms with Crippen molar-refractivity contribution in [1.29, 1.82) is 0 Å². The van der Waals surface area contributed by atoms with Crippen LogP contribution >= 0.6 is 0 Å². The number of carbonyl (C=O) groups is 2. The van der Waals surface area contributed by atoms with Crippen LogP contribution in [0.3, 0.4) is 0 Å². The first-order valence-corrected chi connectivity index (χ1v) is 17.7. The Balaban J connectivity index is 1.10. The summed E-state index contributed by atoms with van der Waals surface area (Å²) in [4.78, 5) is 28.2. The summed E-state index contributed by atoms with van der Waals surface area (Å²) in [5.41, 5.74) is 5.29. The van der Waals surface area contributed by atoms with Crippen LogP contribution in [0.25, 0.3) is 16.6 Å². The molecule has 9 nitrogen and oxygen atoms in total. The Hall–Kier alpha value is -5.28. The molecule has 1 aromatic heterocycles. The third-order valence-electron chi connectivity index (χ3n) is 9.62. The second-order valence-corrected chi connectivity index (χ2v) is 12.8. The van der Waals surface area contributed by atoms with Crippen LogP contribution in [0.2, 0.25) is 0 Å². The lowest BCUT2D eigenvalue weighted by Crippen LogP contribution is -2.37. The number of carbonyl (C=O) groups excluding carboxylic acids is 2. The van der Waals surface area contributed by atoms with E-state index < -0.39 is 0 Å². The number of nitrogens with one attached hydrogen (secondary N) is 3. The Bertz CT molecular complexity index is 1910. The molecule has 9 heteroatoms. The van der Waals surface area contributed by atoms with Gasteiger partial charge in [-0.25, -0.2) is 4.79 Å². The molecule has 0 saturated carbocycles. The van der Waals surface area contributed by atoms with Crippen molar-refractivity contribution < 1.29 is 19.1 Å². The smallest absolute Gasteiger partial charge is 0.319 e. The van der Waals surface area contributed by atoms with Gasteiger partial charge in [0.1, 0.15) is 5.75 Å². The van der Waals surface area contributed by atoms with Gasteiger partial charge in [0.2, 0.25) is 0 Å². The van der Waals surface area contributed by atoms with Crippen molar-refractivity contribution in [2.45, 2.75) is 65.0 Å². The number of nitrogens with zero attached hydrogens (tertiary/aromatic N) is 2. The minimum Gasteiger partial charge on any atom is -0.493 e. The quantitative estimate of drug-likeness (QED) is 0.123. The van der Waals surface area contributed by atoms with E-state index in [0.717, 1.165) is 37.1 Å². The van der Waals surface area contributed by atoms with Gasteiger partial charge in [0.15, 0.2) is 11.5 Å². The van der Waals surface area contributed by atoms with Crippen LogP contribution in [0, 0.1) is 0 Å². The first kappa shape index (κ1) is 34.6. The average molecular weight is 674 g/mol. The number of rotatable bonds is 12. The number of benzene rings is 4. The normalized spacial score (nSPS) is 13.9. The van der Waals surface area contributed by atoms with Gasteiger partial charge in [-0.3, -0.25) is 9.69 Å². The molecule has 5 aromatic rings. The molecule has 0 bridgehead atoms. The molecule has 3 N–H and O–H groups in total. The van der Waals surface area contributed by atoms with Crippen LogP contribution in [0.15, 0.2) is 97.2 Å². The topological polar surface area (TPSA) is 96.9 Å². The highest BCUT2D eigenvalue weighted by molar-refractivity contribution is 6.04. The number of fused-ring (bicyclic) bond motifs is 1. The Kier molecular flexibility index (Phi) is 11.0. The van der Waals surface area contributed by atoms with Gasteiger partial charge in [0.25, 0.3) is 5.91 Å². The van der Waals surface area contributed by atoms with Gasteiger partial charge in [-0.2, -0.15) is 0 Å². The van der Waals surface area contributed by atoms with Crippen molar-refractivity contribution in [2.24, 2.45) is 0 Å². The largest absolute Gasteiger partial charge is 0.493 e. The Morgan fingerprint density at radius 3 is 2.20 bits per heavy atom. The predicted octanol–water partition coefficient (Wildman–Crippen LogP) is 9.54. The summed E-state index contributed by atoms with van der Waals surface area (Å²) < 4.78 is 13.9. The van der Waals surface area contributed by atoms with E-state index in [2.05, 4.69) is 62.8 Å². The number of piperidine rings is 1. The zero-order chi connectivity index (χ0) is 35.0. The van der Waals surface area contributed by atoms with E-state index in [-0.39, 0.29) is 18.0 Å². The van der Waals surface area contributed by atoms with E-state index in [0.29, 0.717) is 40.2 Å². The number of hydrogen-bond acceptors (Lipinski definition) is 5. The number of urea groups is 1. The molecule has 1 saturated heterocycles. The molecule has 1 atom stereocenters. The molecule has 1 fully saturated rings. The van der Waals surface area contributed by atoms with Crippen LogP contribution in [-0.4, -0.2) is 47.6 Å². The first-order valence-electron chi connectivity index (χ1n) is 17.7. The number of methoxy groups -OCH3 is 1. The van der Waals surface area contributed by atoms with Gasteiger partial charge >= 0.3 is 6.03 Å². The highest BCUT2D eigenvalue weighted by Gasteiger charge is 2.22. The molecule has 4 aromatic carbocycles. The fourth-order valence-electron chi connectivity index (χ4n) is 6.64. The maximum atomic E-state index is 13.3. The molecular weight excluding hydrogens is 626 g/mol. The highest BCUT2D eigenvalue weighted by Crippen LogP contribution is 2.35. The van der Waals surface area contributed by atoms with Gasteiger partial charge in [-0.05, 0) is 118 Å². The maximum absolute atomic E-state index is 13.3. The first-order chi connectivity index (χ1) is 24.4. The number of amides is 3. The van der Waals surface area contributed by atoms with Crippen molar-refractivity contribution in [2.75, 3.05) is 30.8 Å². The standard InChI is InChI=1S/C41H47N5O4/c1-5-30(6-2)43-41(48)44-31-16-21-34(22-17-31)50-38-23-18-32(26-39(38)49-4)42-40(47)29-14-19-33(20-15-29)46-27-36(35-12-8-9-13-37(35)46)28(3)45-24-10-7-11-25-45/h8-9,12-23,26-28,30H,5-7,10-11,24-25H2,1-4H3,(H,42,47)(H2,43,44,48). The average Bonchev–Trinajstić information content (AvgIpc) is 3.55. The van der Waals surface area contributed by atoms with Crippen LogP contribution < -0.4 is 25.4 Å². The molecule has 1 unspecified atom stereocenters. The van der Waals surface area contributed by atoms with Crippen molar-refractivity contribution in [3.05, 3.63) is 108 Å². The fraction of sp³-hybridized carbons (Fsp3) is 0.317. The summed E-state index contributed by atoms with van der Waals surface area (Å²) in [6, 6.07) is 28.9. The van der Waals surface area contributed by atoms with Gasteiger partial charge in [0, 0.05) is 52.4 Å². The van der Waals surface area contributed by atoms with E-state index >= 15 is 0 Å². The van der Waals surface area contributed by atoms with E-state index in [4.69, 9.17) is 9.47 Å². The summed E-state index contributed by atoms with van der Waals surface area (Å²) in [6.07, 6.45) is 7.83. The summed E-state index contributed by atoms with van der Waals surface area (Å²) in [6.45, 7) is 8.68. The number of likely N-dealkylation sites (tertiary alicyclic amines) is 1. The minimum absolute atomic E-state index is 0.140. The molecule has 2 heterocycles. The van der Waals surface area contributed by atoms with E-state index in [9.17, 15) is 9.59 Å². The molecule has 0 radical (unpaired) electrons. The van der Waals surface area contributed by atoms with Gasteiger partial charge in [0.05, 0.1) is 12.6 Å². The monoisotopic (exact) mass is 673 g/mol. The van der Waals surface area contributed by atoms with Crippen LogP contribution in [0.1, 0.15) is 74.8 Å². The van der Waals surface area contributed by atoms with Gasteiger partial charge < -0.3 is 30.0 Å². The number of anilines is 2. The minimum atomic E-state index is -0.232. The Labute approximate surface area is 294 Å². The zero-order valence-electron chi connectivity index (χ0n) is 29.4. The predicted molar refractivity (Wildman–Crippen MR) is 201 cm³/mol. The lowest BCUT2D eigenvalue weighted by Gasteiger charge is -2.32. The second-order valence-electron chi connectivity index (χ2n) is 12.8. The molecule has 1 aliphatic rings. The lowest BCUT2D eigenvalue weighted by atomic mass is 10.0. The van der Waals surface area contributed by atoms with Crippen molar-refractivity contribution in [3.63, 3.8) is 0 Å². The number of hydrogen-bond donors (Lipinski definition) is 3. The Morgan fingerprint density at radius 1 is 0.800 bits per heavy atom. The number of ether oxygens (including phenoxy) is 2. The summed E-state index contributed by atoms with van der Waals surface area (Å²) >= 11 is 0. The number of aromatic nitrogens is 1. The lowest BCUT2D eigenvalue weighted by molar-refractivity contribution is 0.102. The Morgan fingerprint density at radius 2 is 1.50 bits per heavy atom. The van der Waals surface area contributed by atoms with Crippen molar-refractivity contribution >= 4 is 34.2 Å². The SMILES string of the molecule is CCC(CC)NC(=O)Nc1ccc(Oc2ccc(NC(=O)c3ccc(-n4cc(C(C)N5CCCCC5)c5ccccc54)cc3)cc2OC)cc1. The molecular formula is C41H47N5O4. The third kappa shape index (κ3) is 7.95. The van der Waals surface area contributed by atoms with Crippen LogP contribution in [0.5, 0.6) is 17.2 Å². The van der Waals surface area contributed by atoms with E-state index in [1.165, 1.54) is 30.2 Å². The number of para-hydroxylation sites is 1. The summed E-state index contributed by atoms with van der Waals surface area (Å²) in [5.74, 6) is 1.32. The summed E-state index contributed by atoms with van der Waals surface area (Å²) in [7, 11) is 1.56. The molecule has 3 amide bonds. The van der Waals surface area contributed by atoms with Crippen LogP contribution in [-0.2, 0) is 0 Å². The molecule has 1 aliphatic heterocycles. The molecule has 0 spiro atoms. The zero-order valence-corrected chi connectivity index (χ0v) is 29.4. The second kappa shape index (κ2) is 16.0. The van der Waals surface area contributed by atoms with Crippen LogP contribution in [0.4, 0.5) is 16.2 Å². The van der Waals surface area contributed by atoms with Crippen molar-refractivity contribution in [1.82, 2.24) is 14.8 Å².